The normalized spacial score (nSPS) is 15.3. The molecule has 0 saturated heterocycles. The fourth-order valence-corrected chi connectivity index (χ4v) is 5.13. The summed E-state index contributed by atoms with van der Waals surface area (Å²) < 4.78 is 5.41. The van der Waals surface area contributed by atoms with Crippen molar-refractivity contribution in [1.29, 1.82) is 0 Å². The zero-order valence-electron chi connectivity index (χ0n) is 25.4. The Morgan fingerprint density at radius 3 is 2.44 bits per heavy atom. The Hall–Kier alpha value is -3.36. The number of rotatable bonds is 15. The van der Waals surface area contributed by atoms with Crippen LogP contribution < -0.4 is 16.4 Å². The predicted octanol–water partition coefficient (Wildman–Crippen LogP) is 5.39. The van der Waals surface area contributed by atoms with E-state index < -0.39 is 35.6 Å². The highest BCUT2D eigenvalue weighted by Gasteiger charge is 2.37. The molecule has 4 N–H and O–H groups in total. The maximum Gasteiger partial charge on any atom is 0.408 e. The lowest BCUT2D eigenvalue weighted by molar-refractivity contribution is -0.143. The lowest BCUT2D eigenvalue weighted by Gasteiger charge is -2.36. The van der Waals surface area contributed by atoms with E-state index in [4.69, 9.17) is 10.5 Å². The summed E-state index contributed by atoms with van der Waals surface area (Å²) in [6.45, 7) is 11.5. The van der Waals surface area contributed by atoms with Crippen molar-refractivity contribution < 1.29 is 23.9 Å². The van der Waals surface area contributed by atoms with Crippen LogP contribution in [0.1, 0.15) is 115 Å². The number of nitrogens with two attached hydrogens (primary N) is 1. The number of carbonyl (C=O) groups is 4. The highest BCUT2D eigenvalue weighted by atomic mass is 16.6. The van der Waals surface area contributed by atoms with Gasteiger partial charge in [0.2, 0.25) is 17.7 Å². The van der Waals surface area contributed by atoms with Crippen molar-refractivity contribution in [2.24, 2.45) is 5.73 Å². The molecule has 0 aromatic heterocycles. The second-order valence-electron chi connectivity index (χ2n) is 11.9. The van der Waals surface area contributed by atoms with E-state index in [-0.39, 0.29) is 24.8 Å². The van der Waals surface area contributed by atoms with Crippen molar-refractivity contribution in [3.05, 3.63) is 42.0 Å². The van der Waals surface area contributed by atoms with Crippen molar-refractivity contribution >= 4 is 29.9 Å². The number of unbranched alkanes of at least 4 members (excludes halogenated alkanes) is 3. The van der Waals surface area contributed by atoms with Crippen molar-refractivity contribution in [2.45, 2.75) is 122 Å². The Morgan fingerprint density at radius 1 is 1.12 bits per heavy atom. The molecule has 4 amide bonds. The summed E-state index contributed by atoms with van der Waals surface area (Å²) in [7, 11) is 0. The molecule has 41 heavy (non-hydrogen) atoms. The van der Waals surface area contributed by atoms with E-state index in [9.17, 15) is 19.2 Å². The van der Waals surface area contributed by atoms with E-state index in [0.29, 0.717) is 18.5 Å². The number of nitrogens with one attached hydrogen (secondary N) is 2. The van der Waals surface area contributed by atoms with Gasteiger partial charge in [0.1, 0.15) is 17.7 Å². The van der Waals surface area contributed by atoms with Crippen LogP contribution >= 0.6 is 0 Å². The van der Waals surface area contributed by atoms with E-state index >= 15 is 0 Å². The molecule has 228 valence electrons. The molecule has 1 aromatic carbocycles. The van der Waals surface area contributed by atoms with E-state index in [1.807, 2.05) is 24.3 Å². The zero-order chi connectivity index (χ0) is 30.4. The molecule has 1 saturated carbocycles. The Labute approximate surface area is 245 Å². The standard InChI is InChI=1S/C32H50N4O5/c1-6-8-9-13-21-36(30(39)26(19-20-27(33)37)35-31(40)41-32(3,4)5)28(24-16-14-15-23(7-2)22-24)29(38)34-25-17-11-10-12-18-25/h7,14-16,22,25-26,28H,2,6,8-13,17-21H2,1,3-5H3,(H2,33,37)(H,34,38)(H,35,40). The highest BCUT2D eigenvalue weighted by molar-refractivity contribution is 5.92. The molecular weight excluding hydrogens is 520 g/mol. The third kappa shape index (κ3) is 12.0. The second-order valence-corrected chi connectivity index (χ2v) is 11.9. The monoisotopic (exact) mass is 570 g/mol. The lowest BCUT2D eigenvalue weighted by Crippen LogP contribution is -2.54. The fourth-order valence-electron chi connectivity index (χ4n) is 5.13. The zero-order valence-corrected chi connectivity index (χ0v) is 25.4. The van der Waals surface area contributed by atoms with Gasteiger partial charge in [0.15, 0.2) is 0 Å². The van der Waals surface area contributed by atoms with Crippen LogP contribution in [0.5, 0.6) is 0 Å². The molecule has 1 aliphatic rings. The molecule has 2 unspecified atom stereocenters. The number of alkyl carbamates (subject to hydrolysis) is 1. The van der Waals surface area contributed by atoms with E-state index in [2.05, 4.69) is 24.1 Å². The van der Waals surface area contributed by atoms with Gasteiger partial charge in [-0.2, -0.15) is 0 Å². The molecule has 2 rings (SSSR count). The number of amides is 4. The maximum atomic E-state index is 14.3. The topological polar surface area (TPSA) is 131 Å². The van der Waals surface area contributed by atoms with Crippen LogP contribution in [0.2, 0.25) is 0 Å². The van der Waals surface area contributed by atoms with Crippen LogP contribution in [0.4, 0.5) is 4.79 Å². The molecule has 0 aliphatic heterocycles. The Bertz CT molecular complexity index is 1030. The van der Waals surface area contributed by atoms with Gasteiger partial charge in [-0.15, -0.1) is 0 Å². The Morgan fingerprint density at radius 2 is 1.83 bits per heavy atom. The van der Waals surface area contributed by atoms with Crippen LogP contribution in [0.3, 0.4) is 0 Å². The number of benzene rings is 1. The van der Waals surface area contributed by atoms with Crippen LogP contribution in [-0.2, 0) is 19.1 Å². The van der Waals surface area contributed by atoms with Gasteiger partial charge in [-0.05, 0) is 63.6 Å². The molecule has 0 heterocycles. The molecule has 1 aromatic rings. The van der Waals surface area contributed by atoms with Gasteiger partial charge in [0, 0.05) is 19.0 Å². The van der Waals surface area contributed by atoms with Crippen LogP contribution in [-0.4, -0.2) is 52.9 Å². The SMILES string of the molecule is C=Cc1cccc(C(C(=O)NC2CCCCC2)N(CCCCCC)C(=O)C(CCC(N)=O)NC(=O)OC(C)(C)C)c1. The quantitative estimate of drug-likeness (QED) is 0.244. The first-order chi connectivity index (χ1) is 19.4. The summed E-state index contributed by atoms with van der Waals surface area (Å²) in [5.41, 5.74) is 6.12. The maximum absolute atomic E-state index is 14.3. The highest BCUT2D eigenvalue weighted by Crippen LogP contribution is 2.27. The van der Waals surface area contributed by atoms with Crippen molar-refractivity contribution in [1.82, 2.24) is 15.5 Å². The average molecular weight is 571 g/mol. The number of primary amides is 1. The molecule has 2 atom stereocenters. The van der Waals surface area contributed by atoms with Crippen molar-refractivity contribution in [2.75, 3.05) is 6.54 Å². The summed E-state index contributed by atoms with van der Waals surface area (Å²) in [5, 5.41) is 5.86. The minimum atomic E-state index is -1.10. The Balaban J connectivity index is 2.51. The number of ether oxygens (including phenoxy) is 1. The number of carbonyl (C=O) groups excluding carboxylic acids is 4. The van der Waals surface area contributed by atoms with E-state index in [1.165, 1.54) is 0 Å². The largest absolute Gasteiger partial charge is 0.444 e. The van der Waals surface area contributed by atoms with Gasteiger partial charge in [0.25, 0.3) is 0 Å². The summed E-state index contributed by atoms with van der Waals surface area (Å²) in [6, 6.07) is 5.45. The molecule has 0 radical (unpaired) electrons. The fraction of sp³-hybridized carbons (Fsp3) is 0.625. The third-order valence-corrected chi connectivity index (χ3v) is 7.18. The molecular formula is C32H50N4O5. The summed E-state index contributed by atoms with van der Waals surface area (Å²) in [4.78, 5) is 54.3. The minimum absolute atomic E-state index is 0.0114. The first-order valence-electron chi connectivity index (χ1n) is 15.1. The minimum Gasteiger partial charge on any atom is -0.444 e. The van der Waals surface area contributed by atoms with Gasteiger partial charge in [-0.1, -0.05) is 76.3 Å². The van der Waals surface area contributed by atoms with E-state index in [1.54, 1.807) is 31.7 Å². The third-order valence-electron chi connectivity index (χ3n) is 7.18. The first-order valence-corrected chi connectivity index (χ1v) is 15.1. The summed E-state index contributed by atoms with van der Waals surface area (Å²) in [5.74, 6) is -1.30. The van der Waals surface area contributed by atoms with Crippen LogP contribution in [0, 0.1) is 0 Å². The molecule has 0 spiro atoms. The van der Waals surface area contributed by atoms with Crippen LogP contribution in [0.25, 0.3) is 6.08 Å². The number of hydrogen-bond acceptors (Lipinski definition) is 5. The number of nitrogens with zero attached hydrogens (tertiary/aromatic N) is 1. The van der Waals surface area contributed by atoms with E-state index in [0.717, 1.165) is 56.9 Å². The van der Waals surface area contributed by atoms with Gasteiger partial charge in [0.05, 0.1) is 0 Å². The van der Waals surface area contributed by atoms with Crippen LogP contribution in [0.15, 0.2) is 30.8 Å². The number of hydrogen-bond donors (Lipinski definition) is 3. The smallest absolute Gasteiger partial charge is 0.408 e. The molecule has 1 fully saturated rings. The Kier molecular flexibility index (Phi) is 13.9. The van der Waals surface area contributed by atoms with Gasteiger partial charge >= 0.3 is 6.09 Å². The van der Waals surface area contributed by atoms with Gasteiger partial charge < -0.3 is 26.0 Å². The molecule has 0 bridgehead atoms. The second kappa shape index (κ2) is 16.8. The molecule has 9 heteroatoms. The predicted molar refractivity (Wildman–Crippen MR) is 162 cm³/mol. The molecule has 1 aliphatic carbocycles. The van der Waals surface area contributed by atoms with Crippen molar-refractivity contribution in [3.8, 4) is 0 Å². The first kappa shape index (κ1) is 33.8. The molecule has 9 nitrogen and oxygen atoms in total. The van der Waals surface area contributed by atoms with Crippen molar-refractivity contribution in [3.63, 3.8) is 0 Å². The summed E-state index contributed by atoms with van der Waals surface area (Å²) in [6.07, 6.45) is 9.44. The average Bonchev–Trinajstić information content (AvgIpc) is 2.91. The summed E-state index contributed by atoms with van der Waals surface area (Å²) >= 11 is 0. The van der Waals surface area contributed by atoms with Gasteiger partial charge in [-0.25, -0.2) is 4.79 Å². The van der Waals surface area contributed by atoms with Gasteiger partial charge in [-0.3, -0.25) is 14.4 Å². The lowest BCUT2D eigenvalue weighted by atomic mass is 9.94.